The minimum atomic E-state index is -0.396. The van der Waals surface area contributed by atoms with Crippen LogP contribution in [0, 0.1) is 10.1 Å². The number of nitro benzene ring substituents is 1. The Morgan fingerprint density at radius 3 is 2.47 bits per heavy atom. The van der Waals surface area contributed by atoms with Gasteiger partial charge in [0.05, 0.1) is 16.7 Å². The van der Waals surface area contributed by atoms with Crippen molar-refractivity contribution in [1.82, 2.24) is 19.7 Å². The number of aromatic nitrogens is 3. The summed E-state index contributed by atoms with van der Waals surface area (Å²) >= 11 is 0. The van der Waals surface area contributed by atoms with Crippen molar-refractivity contribution in [2.24, 2.45) is 0 Å². The lowest BCUT2D eigenvalue weighted by atomic mass is 10.0. The van der Waals surface area contributed by atoms with E-state index in [0.29, 0.717) is 11.3 Å². The zero-order valence-corrected chi connectivity index (χ0v) is 18.2. The van der Waals surface area contributed by atoms with Gasteiger partial charge in [-0.25, -0.2) is 9.67 Å². The highest BCUT2D eigenvalue weighted by atomic mass is 16.6. The first-order valence-corrected chi connectivity index (χ1v) is 10.7. The third-order valence-corrected chi connectivity index (χ3v) is 6.08. The topological polar surface area (TPSA) is 97.4 Å². The molecule has 1 aromatic heterocycles. The van der Waals surface area contributed by atoms with Crippen molar-refractivity contribution in [3.05, 3.63) is 76.4 Å². The highest BCUT2D eigenvalue weighted by Crippen LogP contribution is 2.32. The summed E-state index contributed by atoms with van der Waals surface area (Å²) < 4.78 is 1.66. The number of amides is 1. The van der Waals surface area contributed by atoms with Crippen molar-refractivity contribution in [1.29, 1.82) is 0 Å². The Morgan fingerprint density at radius 1 is 1.12 bits per heavy atom. The molecule has 32 heavy (non-hydrogen) atoms. The molecule has 3 aromatic rings. The molecule has 1 unspecified atom stereocenters. The maximum absolute atomic E-state index is 13.1. The second kappa shape index (κ2) is 9.17. The number of hydrogen-bond acceptors (Lipinski definition) is 6. The smallest absolute Gasteiger partial charge is 0.293 e. The maximum atomic E-state index is 13.1. The van der Waals surface area contributed by atoms with Gasteiger partial charge in [0.1, 0.15) is 18.3 Å². The third kappa shape index (κ3) is 4.32. The Hall–Kier alpha value is -3.75. The predicted octanol–water partition coefficient (Wildman–Crippen LogP) is 4.00. The number of benzene rings is 2. The second-order valence-corrected chi connectivity index (χ2v) is 8.03. The van der Waals surface area contributed by atoms with Gasteiger partial charge in [0.15, 0.2) is 0 Å². The Balaban J connectivity index is 1.53. The maximum Gasteiger partial charge on any atom is 0.293 e. The van der Waals surface area contributed by atoms with E-state index in [1.807, 2.05) is 36.1 Å². The van der Waals surface area contributed by atoms with Gasteiger partial charge in [-0.05, 0) is 56.0 Å². The first kappa shape index (κ1) is 21.5. The lowest BCUT2D eigenvalue weighted by Gasteiger charge is -2.29. The van der Waals surface area contributed by atoms with E-state index in [2.05, 4.69) is 10.1 Å². The molecule has 1 fully saturated rings. The number of nitrogens with zero attached hydrogens (tertiary/aromatic N) is 6. The van der Waals surface area contributed by atoms with Crippen LogP contribution in [0.2, 0.25) is 0 Å². The van der Waals surface area contributed by atoms with E-state index in [4.69, 9.17) is 0 Å². The van der Waals surface area contributed by atoms with Gasteiger partial charge in [0, 0.05) is 31.8 Å². The fraction of sp³-hybridized carbons (Fsp3) is 0.348. The number of carbonyl (C=O) groups excluding carboxylic acids is 1. The molecule has 9 heteroatoms. The summed E-state index contributed by atoms with van der Waals surface area (Å²) in [6.07, 6.45) is 6.28. The van der Waals surface area contributed by atoms with E-state index in [9.17, 15) is 14.9 Å². The number of carbonyl (C=O) groups is 1. The van der Waals surface area contributed by atoms with Crippen LogP contribution in [0.25, 0.3) is 5.69 Å². The van der Waals surface area contributed by atoms with Gasteiger partial charge in [-0.1, -0.05) is 12.1 Å². The van der Waals surface area contributed by atoms with Crippen LogP contribution >= 0.6 is 0 Å². The minimum Gasteiger partial charge on any atom is -0.366 e. The molecule has 0 aliphatic carbocycles. The Labute approximate surface area is 186 Å². The Morgan fingerprint density at radius 2 is 1.84 bits per heavy atom. The molecule has 0 bridgehead atoms. The van der Waals surface area contributed by atoms with Gasteiger partial charge in [-0.3, -0.25) is 14.9 Å². The molecule has 0 N–H and O–H groups in total. The average Bonchev–Trinajstić information content (AvgIpc) is 3.38. The van der Waals surface area contributed by atoms with Crippen LogP contribution in [0.4, 0.5) is 11.4 Å². The second-order valence-electron chi connectivity index (χ2n) is 8.03. The number of piperidine rings is 1. The molecule has 1 aliphatic rings. The summed E-state index contributed by atoms with van der Waals surface area (Å²) in [6.45, 7) is 3.53. The fourth-order valence-corrected chi connectivity index (χ4v) is 4.06. The summed E-state index contributed by atoms with van der Waals surface area (Å²) in [4.78, 5) is 32.1. The van der Waals surface area contributed by atoms with Gasteiger partial charge in [0.25, 0.3) is 11.6 Å². The van der Waals surface area contributed by atoms with Crippen LogP contribution in [0.1, 0.15) is 48.1 Å². The van der Waals surface area contributed by atoms with Crippen molar-refractivity contribution in [2.45, 2.75) is 32.2 Å². The molecule has 1 aliphatic heterocycles. The van der Waals surface area contributed by atoms with Crippen molar-refractivity contribution < 1.29 is 9.72 Å². The molecule has 9 nitrogen and oxygen atoms in total. The summed E-state index contributed by atoms with van der Waals surface area (Å²) in [5, 5.41) is 15.8. The van der Waals surface area contributed by atoms with Gasteiger partial charge in [-0.15, -0.1) is 0 Å². The normalized spacial score (nSPS) is 14.8. The Bertz CT molecular complexity index is 1090. The van der Waals surface area contributed by atoms with Gasteiger partial charge in [0.2, 0.25) is 0 Å². The van der Waals surface area contributed by atoms with Crippen LogP contribution in [-0.4, -0.2) is 50.6 Å². The molecule has 4 rings (SSSR count). The van der Waals surface area contributed by atoms with Gasteiger partial charge >= 0.3 is 0 Å². The SMILES string of the molecule is CC(c1ccc(-n2cncn2)cc1)N(C)C(=O)c1ccc(N2CCCCC2)c([N+](=O)[O-])c1. The lowest BCUT2D eigenvalue weighted by molar-refractivity contribution is -0.384. The molecule has 2 aromatic carbocycles. The Kier molecular flexibility index (Phi) is 6.16. The quantitative estimate of drug-likeness (QED) is 0.430. The van der Waals surface area contributed by atoms with E-state index in [0.717, 1.165) is 43.6 Å². The van der Waals surface area contributed by atoms with E-state index in [-0.39, 0.29) is 17.6 Å². The molecular weight excluding hydrogens is 408 g/mol. The predicted molar refractivity (Wildman–Crippen MR) is 121 cm³/mol. The van der Waals surface area contributed by atoms with Crippen molar-refractivity contribution >= 4 is 17.3 Å². The summed E-state index contributed by atoms with van der Waals surface area (Å²) in [6, 6.07) is 12.3. The van der Waals surface area contributed by atoms with Crippen LogP contribution in [0.3, 0.4) is 0 Å². The van der Waals surface area contributed by atoms with E-state index in [1.54, 1.807) is 35.1 Å². The van der Waals surface area contributed by atoms with Crippen molar-refractivity contribution in [3.63, 3.8) is 0 Å². The molecular formula is C23H26N6O3. The molecule has 0 radical (unpaired) electrons. The lowest BCUT2D eigenvalue weighted by Crippen LogP contribution is -2.31. The highest BCUT2D eigenvalue weighted by molar-refractivity contribution is 5.96. The molecule has 166 valence electrons. The third-order valence-electron chi connectivity index (χ3n) is 6.08. The monoisotopic (exact) mass is 434 g/mol. The first-order chi connectivity index (χ1) is 15.5. The van der Waals surface area contributed by atoms with Gasteiger partial charge < -0.3 is 9.80 Å². The number of nitro groups is 1. The molecule has 2 heterocycles. The number of rotatable bonds is 6. The van der Waals surface area contributed by atoms with Crippen LogP contribution in [0.15, 0.2) is 55.1 Å². The minimum absolute atomic E-state index is 0.0176. The van der Waals surface area contributed by atoms with Crippen molar-refractivity contribution in [3.8, 4) is 5.69 Å². The molecule has 0 spiro atoms. The van der Waals surface area contributed by atoms with E-state index in [1.165, 1.54) is 12.4 Å². The van der Waals surface area contributed by atoms with Crippen LogP contribution < -0.4 is 4.90 Å². The average molecular weight is 435 g/mol. The van der Waals surface area contributed by atoms with Crippen LogP contribution in [-0.2, 0) is 0 Å². The first-order valence-electron chi connectivity index (χ1n) is 10.7. The summed E-state index contributed by atoms with van der Waals surface area (Å²) in [5.41, 5.74) is 2.70. The molecule has 1 amide bonds. The largest absolute Gasteiger partial charge is 0.366 e. The summed E-state index contributed by atoms with van der Waals surface area (Å²) in [5.74, 6) is -0.258. The zero-order chi connectivity index (χ0) is 22.7. The number of anilines is 1. The molecule has 1 saturated heterocycles. The van der Waals surface area contributed by atoms with Crippen molar-refractivity contribution in [2.75, 3.05) is 25.0 Å². The fourth-order valence-electron chi connectivity index (χ4n) is 4.06. The van der Waals surface area contributed by atoms with Crippen LogP contribution in [0.5, 0.6) is 0 Å². The molecule has 0 saturated carbocycles. The zero-order valence-electron chi connectivity index (χ0n) is 18.2. The van der Waals surface area contributed by atoms with E-state index < -0.39 is 4.92 Å². The highest BCUT2D eigenvalue weighted by Gasteiger charge is 2.25. The number of hydrogen-bond donors (Lipinski definition) is 0. The molecule has 1 atom stereocenters. The van der Waals surface area contributed by atoms with E-state index >= 15 is 0 Å². The summed E-state index contributed by atoms with van der Waals surface area (Å²) in [7, 11) is 1.71. The standard InChI is InChI=1S/C23H26N6O3/c1-17(18-6-9-20(10-7-18)28-16-24-15-25-28)26(2)23(30)19-8-11-21(22(14-19)29(31)32)27-12-4-3-5-13-27/h6-11,14-17H,3-5,12-13H2,1-2H3. The van der Waals surface area contributed by atoms with Gasteiger partial charge in [-0.2, -0.15) is 5.10 Å².